The van der Waals surface area contributed by atoms with Gasteiger partial charge in [-0.25, -0.2) is 0 Å². The molecule has 3 nitrogen and oxygen atoms in total. The van der Waals surface area contributed by atoms with Crippen molar-refractivity contribution in [1.82, 2.24) is 5.32 Å². The summed E-state index contributed by atoms with van der Waals surface area (Å²) in [5.41, 5.74) is 2.60. The minimum Gasteiger partial charge on any atom is -0.481 e. The molecule has 1 atom stereocenters. The van der Waals surface area contributed by atoms with Gasteiger partial charge in [-0.1, -0.05) is 36.8 Å². The molecular weight excluding hydrogens is 214 g/mol. The minimum atomic E-state index is -0.724. The van der Waals surface area contributed by atoms with E-state index in [1.807, 2.05) is 6.92 Å². The fraction of sp³-hybridized carbons (Fsp3) is 0.500. The maximum absolute atomic E-state index is 10.5. The predicted octanol–water partition coefficient (Wildman–Crippen LogP) is 2.24. The van der Waals surface area contributed by atoms with E-state index in [1.165, 1.54) is 11.1 Å². The Hall–Kier alpha value is -1.35. The third-order valence-corrected chi connectivity index (χ3v) is 2.69. The fourth-order valence-electron chi connectivity index (χ4n) is 1.82. The lowest BCUT2D eigenvalue weighted by Crippen LogP contribution is -2.24. The number of hydrogen-bond acceptors (Lipinski definition) is 2. The Morgan fingerprint density at radius 1 is 1.47 bits per heavy atom. The van der Waals surface area contributed by atoms with Crippen LogP contribution in [0, 0.1) is 12.8 Å². The summed E-state index contributed by atoms with van der Waals surface area (Å²) in [6, 6.07) is 8.46. The first-order valence-corrected chi connectivity index (χ1v) is 6.06. The van der Waals surface area contributed by atoms with Gasteiger partial charge in [0.25, 0.3) is 0 Å². The molecule has 0 aliphatic rings. The fourth-order valence-corrected chi connectivity index (χ4v) is 1.82. The van der Waals surface area contributed by atoms with Crippen LogP contribution in [-0.2, 0) is 11.2 Å². The number of carbonyl (C=O) groups is 1. The van der Waals surface area contributed by atoms with Crippen molar-refractivity contribution in [3.05, 3.63) is 35.4 Å². The van der Waals surface area contributed by atoms with Crippen LogP contribution in [0.4, 0.5) is 0 Å². The summed E-state index contributed by atoms with van der Waals surface area (Å²) in [7, 11) is 0. The van der Waals surface area contributed by atoms with E-state index in [0.29, 0.717) is 0 Å². The highest BCUT2D eigenvalue weighted by Crippen LogP contribution is 2.04. The summed E-state index contributed by atoms with van der Waals surface area (Å²) in [6.07, 6.45) is 1.22. The molecule has 0 saturated carbocycles. The number of carboxylic acid groups (broad SMARTS) is 1. The Morgan fingerprint density at radius 2 is 2.24 bits per heavy atom. The van der Waals surface area contributed by atoms with E-state index in [4.69, 9.17) is 5.11 Å². The number of aryl methyl sites for hydroxylation is 1. The van der Waals surface area contributed by atoms with E-state index < -0.39 is 5.97 Å². The molecule has 0 aromatic heterocycles. The van der Waals surface area contributed by atoms with Crippen LogP contribution in [0.5, 0.6) is 0 Å². The second-order valence-electron chi connectivity index (χ2n) is 4.65. The molecule has 0 aliphatic heterocycles. The molecule has 1 rings (SSSR count). The van der Waals surface area contributed by atoms with Crippen molar-refractivity contribution in [2.75, 3.05) is 13.1 Å². The summed E-state index contributed by atoms with van der Waals surface area (Å²) >= 11 is 0. The number of hydrogen-bond donors (Lipinski definition) is 2. The highest BCUT2D eigenvalue weighted by molar-refractivity contribution is 5.66. The van der Waals surface area contributed by atoms with Gasteiger partial charge in [0.15, 0.2) is 0 Å². The summed E-state index contributed by atoms with van der Waals surface area (Å²) in [5, 5.41) is 11.9. The summed E-state index contributed by atoms with van der Waals surface area (Å²) < 4.78 is 0. The van der Waals surface area contributed by atoms with Gasteiger partial charge in [0.2, 0.25) is 0 Å². The van der Waals surface area contributed by atoms with Gasteiger partial charge in [0.05, 0.1) is 0 Å². The van der Waals surface area contributed by atoms with Crippen molar-refractivity contribution < 1.29 is 9.90 Å². The van der Waals surface area contributed by atoms with Gasteiger partial charge in [-0.3, -0.25) is 4.79 Å². The van der Waals surface area contributed by atoms with Crippen molar-refractivity contribution >= 4 is 5.97 Å². The van der Waals surface area contributed by atoms with Gasteiger partial charge in [-0.05, 0) is 37.9 Å². The van der Waals surface area contributed by atoms with Gasteiger partial charge in [0.1, 0.15) is 0 Å². The summed E-state index contributed by atoms with van der Waals surface area (Å²) in [6.45, 7) is 5.70. The van der Waals surface area contributed by atoms with Crippen LogP contribution >= 0.6 is 0 Å². The molecule has 17 heavy (non-hydrogen) atoms. The Balaban J connectivity index is 2.18. The Morgan fingerprint density at radius 3 is 2.88 bits per heavy atom. The van der Waals surface area contributed by atoms with Crippen molar-refractivity contribution in [3.63, 3.8) is 0 Å². The number of benzene rings is 1. The van der Waals surface area contributed by atoms with Gasteiger partial charge in [-0.15, -0.1) is 0 Å². The van der Waals surface area contributed by atoms with E-state index in [-0.39, 0.29) is 12.3 Å². The second kappa shape index (κ2) is 7.07. The van der Waals surface area contributed by atoms with Gasteiger partial charge in [-0.2, -0.15) is 0 Å². The molecule has 0 bridgehead atoms. The average Bonchev–Trinajstić information content (AvgIpc) is 2.23. The molecule has 0 heterocycles. The first-order valence-electron chi connectivity index (χ1n) is 6.06. The van der Waals surface area contributed by atoms with Crippen LogP contribution in [0.1, 0.15) is 24.5 Å². The zero-order valence-corrected chi connectivity index (χ0v) is 10.6. The molecule has 0 fully saturated rings. The van der Waals surface area contributed by atoms with Crippen molar-refractivity contribution in [2.24, 2.45) is 5.92 Å². The molecule has 0 spiro atoms. The molecule has 3 heteroatoms. The SMILES string of the molecule is Cc1cccc(CCNCC(C)CC(=O)O)c1. The van der Waals surface area contributed by atoms with Crippen molar-refractivity contribution in [2.45, 2.75) is 26.7 Å². The molecular formula is C14H21NO2. The highest BCUT2D eigenvalue weighted by atomic mass is 16.4. The molecule has 94 valence electrons. The first kappa shape index (κ1) is 13.7. The van der Waals surface area contributed by atoms with E-state index >= 15 is 0 Å². The molecule has 0 aliphatic carbocycles. The van der Waals surface area contributed by atoms with E-state index in [2.05, 4.69) is 36.5 Å². The maximum atomic E-state index is 10.5. The van der Waals surface area contributed by atoms with Crippen LogP contribution in [-0.4, -0.2) is 24.2 Å². The molecule has 1 unspecified atom stereocenters. The zero-order valence-electron chi connectivity index (χ0n) is 10.6. The zero-order chi connectivity index (χ0) is 12.7. The van der Waals surface area contributed by atoms with E-state index in [1.54, 1.807) is 0 Å². The number of rotatable bonds is 7. The third kappa shape index (κ3) is 6.07. The summed E-state index contributed by atoms with van der Waals surface area (Å²) in [5.74, 6) is -0.539. The van der Waals surface area contributed by atoms with Gasteiger partial charge < -0.3 is 10.4 Å². The molecule has 1 aromatic carbocycles. The van der Waals surface area contributed by atoms with Gasteiger partial charge in [0, 0.05) is 6.42 Å². The average molecular weight is 235 g/mol. The minimum absolute atomic E-state index is 0.185. The predicted molar refractivity (Wildman–Crippen MR) is 69.2 cm³/mol. The Bertz CT molecular complexity index is 363. The Kier molecular flexibility index (Phi) is 5.70. The maximum Gasteiger partial charge on any atom is 0.303 e. The number of carboxylic acids is 1. The standard InChI is InChI=1S/C14H21NO2/c1-11-4-3-5-13(8-11)6-7-15-10-12(2)9-14(16)17/h3-5,8,12,15H,6-7,9-10H2,1-2H3,(H,16,17). The molecule has 2 N–H and O–H groups in total. The summed E-state index contributed by atoms with van der Waals surface area (Å²) in [4.78, 5) is 10.5. The first-order chi connectivity index (χ1) is 8.08. The normalized spacial score (nSPS) is 12.4. The largest absolute Gasteiger partial charge is 0.481 e. The van der Waals surface area contributed by atoms with Crippen molar-refractivity contribution in [3.8, 4) is 0 Å². The lowest BCUT2D eigenvalue weighted by atomic mass is 10.1. The topological polar surface area (TPSA) is 49.3 Å². The highest BCUT2D eigenvalue weighted by Gasteiger charge is 2.06. The monoisotopic (exact) mass is 235 g/mol. The van der Waals surface area contributed by atoms with Crippen LogP contribution in [0.25, 0.3) is 0 Å². The molecule has 1 aromatic rings. The van der Waals surface area contributed by atoms with Crippen LogP contribution in [0.3, 0.4) is 0 Å². The van der Waals surface area contributed by atoms with Crippen LogP contribution < -0.4 is 5.32 Å². The van der Waals surface area contributed by atoms with Crippen molar-refractivity contribution in [1.29, 1.82) is 0 Å². The number of aliphatic carboxylic acids is 1. The van der Waals surface area contributed by atoms with E-state index in [0.717, 1.165) is 19.5 Å². The smallest absolute Gasteiger partial charge is 0.303 e. The van der Waals surface area contributed by atoms with Gasteiger partial charge >= 0.3 is 5.97 Å². The lowest BCUT2D eigenvalue weighted by molar-refractivity contribution is -0.137. The van der Waals surface area contributed by atoms with Crippen LogP contribution in [0.2, 0.25) is 0 Å². The Labute approximate surface area is 103 Å². The molecule has 0 amide bonds. The second-order valence-corrected chi connectivity index (χ2v) is 4.65. The quantitative estimate of drug-likeness (QED) is 0.713. The van der Waals surface area contributed by atoms with Crippen LogP contribution in [0.15, 0.2) is 24.3 Å². The molecule has 0 radical (unpaired) electrons. The number of nitrogens with one attached hydrogen (secondary N) is 1. The van der Waals surface area contributed by atoms with E-state index in [9.17, 15) is 4.79 Å². The third-order valence-electron chi connectivity index (χ3n) is 2.69. The lowest BCUT2D eigenvalue weighted by Gasteiger charge is -2.10. The molecule has 0 saturated heterocycles.